The molecule has 90 valence electrons. The van der Waals surface area contributed by atoms with Crippen LogP contribution in [0.25, 0.3) is 0 Å². The number of hydrogen-bond donors (Lipinski definition) is 1. The molecule has 0 aliphatic rings. The first-order valence-corrected chi connectivity index (χ1v) is 6.82. The number of halogens is 2. The quantitative estimate of drug-likeness (QED) is 0.872. The van der Waals surface area contributed by atoms with E-state index in [0.29, 0.717) is 11.4 Å². The fraction of sp³-hybridized carbons (Fsp3) is 0.231. The number of rotatable bonds is 3. The van der Waals surface area contributed by atoms with Gasteiger partial charge in [-0.05, 0) is 36.2 Å². The molecule has 1 heterocycles. The van der Waals surface area contributed by atoms with Gasteiger partial charge < -0.3 is 5.11 Å². The third kappa shape index (κ3) is 3.02. The molecule has 1 nitrogen and oxygen atoms in total. The van der Waals surface area contributed by atoms with Gasteiger partial charge in [-0.15, -0.1) is 11.3 Å². The van der Waals surface area contributed by atoms with Crippen molar-refractivity contribution in [1.29, 1.82) is 0 Å². The highest BCUT2D eigenvalue weighted by Crippen LogP contribution is 2.29. The van der Waals surface area contributed by atoms with Gasteiger partial charge in [0.25, 0.3) is 0 Å². The molecule has 0 radical (unpaired) electrons. The van der Waals surface area contributed by atoms with Gasteiger partial charge in [-0.25, -0.2) is 0 Å². The van der Waals surface area contributed by atoms with Crippen LogP contribution in [0.2, 0.25) is 9.36 Å². The SMILES string of the molecule is Cc1c(Cl)cccc1C(O)Cc1ccc(Cl)s1. The highest BCUT2D eigenvalue weighted by atomic mass is 35.5. The van der Waals surface area contributed by atoms with Crippen molar-refractivity contribution in [3.05, 3.63) is 55.7 Å². The van der Waals surface area contributed by atoms with Gasteiger partial charge in [0.15, 0.2) is 0 Å². The summed E-state index contributed by atoms with van der Waals surface area (Å²) in [6.07, 6.45) is 0.0295. The molecular formula is C13H12Cl2OS. The van der Waals surface area contributed by atoms with E-state index in [1.165, 1.54) is 11.3 Å². The van der Waals surface area contributed by atoms with E-state index < -0.39 is 6.10 Å². The maximum Gasteiger partial charge on any atom is 0.0931 e. The second-order valence-corrected chi connectivity index (χ2v) is 6.09. The fourth-order valence-electron chi connectivity index (χ4n) is 1.75. The van der Waals surface area contributed by atoms with Crippen LogP contribution in [0.5, 0.6) is 0 Å². The van der Waals surface area contributed by atoms with Gasteiger partial charge in [-0.1, -0.05) is 35.3 Å². The summed E-state index contributed by atoms with van der Waals surface area (Å²) in [6, 6.07) is 9.38. The van der Waals surface area contributed by atoms with E-state index in [1.54, 1.807) is 0 Å². The Hall–Kier alpha value is -0.540. The van der Waals surface area contributed by atoms with E-state index >= 15 is 0 Å². The summed E-state index contributed by atoms with van der Waals surface area (Å²) in [7, 11) is 0. The summed E-state index contributed by atoms with van der Waals surface area (Å²) in [4.78, 5) is 1.07. The number of aliphatic hydroxyl groups excluding tert-OH is 1. The van der Waals surface area contributed by atoms with Crippen LogP contribution >= 0.6 is 34.5 Å². The molecule has 0 aliphatic heterocycles. The van der Waals surface area contributed by atoms with E-state index in [1.807, 2.05) is 37.3 Å². The summed E-state index contributed by atoms with van der Waals surface area (Å²) in [5.74, 6) is 0. The predicted molar refractivity (Wildman–Crippen MR) is 74.2 cm³/mol. The Morgan fingerprint density at radius 2 is 2.00 bits per heavy atom. The third-order valence-corrected chi connectivity index (χ3v) is 4.35. The largest absolute Gasteiger partial charge is 0.388 e. The third-order valence-electron chi connectivity index (χ3n) is 2.69. The Balaban J connectivity index is 2.20. The molecule has 0 saturated heterocycles. The van der Waals surface area contributed by atoms with Crippen LogP contribution < -0.4 is 0 Å². The topological polar surface area (TPSA) is 20.2 Å². The predicted octanol–water partition coefficient (Wildman–Crippen LogP) is 4.64. The van der Waals surface area contributed by atoms with Crippen molar-refractivity contribution < 1.29 is 5.11 Å². The van der Waals surface area contributed by atoms with Crippen molar-refractivity contribution in [1.82, 2.24) is 0 Å². The molecule has 0 spiro atoms. The summed E-state index contributed by atoms with van der Waals surface area (Å²) >= 11 is 13.4. The smallest absolute Gasteiger partial charge is 0.0931 e. The first-order valence-electron chi connectivity index (χ1n) is 5.25. The van der Waals surface area contributed by atoms with Gasteiger partial charge >= 0.3 is 0 Å². The number of aliphatic hydroxyl groups is 1. The first kappa shape index (κ1) is 12.9. The highest BCUT2D eigenvalue weighted by Gasteiger charge is 2.13. The van der Waals surface area contributed by atoms with Crippen LogP contribution in [0, 0.1) is 6.92 Å². The lowest BCUT2D eigenvalue weighted by molar-refractivity contribution is 0.178. The van der Waals surface area contributed by atoms with Gasteiger partial charge in [-0.3, -0.25) is 0 Å². The van der Waals surface area contributed by atoms with Crippen LogP contribution in [-0.4, -0.2) is 5.11 Å². The average molecular weight is 287 g/mol. The van der Waals surface area contributed by atoms with E-state index in [0.717, 1.165) is 20.3 Å². The van der Waals surface area contributed by atoms with Gasteiger partial charge in [0, 0.05) is 16.3 Å². The van der Waals surface area contributed by atoms with Crippen molar-refractivity contribution in [2.24, 2.45) is 0 Å². The summed E-state index contributed by atoms with van der Waals surface area (Å²) in [5, 5.41) is 10.9. The maximum absolute atomic E-state index is 10.2. The Kier molecular flexibility index (Phi) is 4.10. The zero-order valence-electron chi connectivity index (χ0n) is 9.28. The van der Waals surface area contributed by atoms with Gasteiger partial charge in [0.2, 0.25) is 0 Å². The fourth-order valence-corrected chi connectivity index (χ4v) is 3.05. The Bertz CT molecular complexity index is 522. The van der Waals surface area contributed by atoms with Crippen LogP contribution in [-0.2, 0) is 6.42 Å². The van der Waals surface area contributed by atoms with Crippen molar-refractivity contribution >= 4 is 34.5 Å². The molecule has 0 fully saturated rings. The van der Waals surface area contributed by atoms with Gasteiger partial charge in [0.05, 0.1) is 10.4 Å². The van der Waals surface area contributed by atoms with Crippen molar-refractivity contribution in [2.75, 3.05) is 0 Å². The molecule has 2 aromatic rings. The zero-order valence-corrected chi connectivity index (χ0v) is 11.6. The van der Waals surface area contributed by atoms with E-state index in [-0.39, 0.29) is 0 Å². The van der Waals surface area contributed by atoms with Crippen LogP contribution in [0.1, 0.15) is 22.1 Å². The first-order chi connectivity index (χ1) is 8.08. The molecule has 0 aliphatic carbocycles. The summed E-state index contributed by atoms with van der Waals surface area (Å²) in [5.41, 5.74) is 1.81. The van der Waals surface area contributed by atoms with Crippen molar-refractivity contribution in [3.63, 3.8) is 0 Å². The zero-order chi connectivity index (χ0) is 12.4. The van der Waals surface area contributed by atoms with Crippen LogP contribution in [0.15, 0.2) is 30.3 Å². The normalized spacial score (nSPS) is 12.7. The van der Waals surface area contributed by atoms with Crippen LogP contribution in [0.3, 0.4) is 0 Å². The second-order valence-electron chi connectivity index (χ2n) is 3.88. The molecule has 0 amide bonds. The van der Waals surface area contributed by atoms with E-state index in [9.17, 15) is 5.11 Å². The molecule has 2 rings (SSSR count). The maximum atomic E-state index is 10.2. The molecule has 1 aromatic carbocycles. The Labute approximate surface area is 115 Å². The molecule has 1 N–H and O–H groups in total. The van der Waals surface area contributed by atoms with E-state index in [4.69, 9.17) is 23.2 Å². The minimum atomic E-state index is -0.539. The molecule has 0 saturated carbocycles. The average Bonchev–Trinajstić information content (AvgIpc) is 2.68. The Morgan fingerprint density at radius 1 is 1.24 bits per heavy atom. The van der Waals surface area contributed by atoms with Gasteiger partial charge in [0.1, 0.15) is 0 Å². The highest BCUT2D eigenvalue weighted by molar-refractivity contribution is 7.16. The molecule has 1 atom stereocenters. The summed E-state index contributed by atoms with van der Waals surface area (Å²) in [6.45, 7) is 1.92. The van der Waals surface area contributed by atoms with Crippen LogP contribution in [0.4, 0.5) is 0 Å². The summed E-state index contributed by atoms with van der Waals surface area (Å²) < 4.78 is 0.745. The number of hydrogen-bond acceptors (Lipinski definition) is 2. The molecule has 0 bridgehead atoms. The van der Waals surface area contributed by atoms with E-state index in [2.05, 4.69) is 0 Å². The second kappa shape index (κ2) is 5.40. The molecule has 17 heavy (non-hydrogen) atoms. The number of thiophene rings is 1. The lowest BCUT2D eigenvalue weighted by Crippen LogP contribution is -2.03. The van der Waals surface area contributed by atoms with Crippen molar-refractivity contribution in [2.45, 2.75) is 19.4 Å². The molecule has 4 heteroatoms. The van der Waals surface area contributed by atoms with Crippen molar-refractivity contribution in [3.8, 4) is 0 Å². The molecule has 1 unspecified atom stereocenters. The minimum absolute atomic E-state index is 0.539. The lowest BCUT2D eigenvalue weighted by atomic mass is 10.0. The molecule has 1 aromatic heterocycles. The monoisotopic (exact) mass is 286 g/mol. The standard InChI is InChI=1S/C13H12Cl2OS/c1-8-10(3-2-4-11(8)14)12(16)7-9-5-6-13(15)17-9/h2-6,12,16H,7H2,1H3. The minimum Gasteiger partial charge on any atom is -0.388 e. The van der Waals surface area contributed by atoms with Gasteiger partial charge in [-0.2, -0.15) is 0 Å². The Morgan fingerprint density at radius 3 is 2.65 bits per heavy atom. The number of benzene rings is 1. The lowest BCUT2D eigenvalue weighted by Gasteiger charge is -2.13. The molecular weight excluding hydrogens is 275 g/mol.